The van der Waals surface area contributed by atoms with Crippen LogP contribution in [0.4, 0.5) is 15.3 Å². The number of fused-ring (bicyclic) bond motifs is 1. The van der Waals surface area contributed by atoms with Crippen LogP contribution in [-0.2, 0) is 13.9 Å². The van der Waals surface area contributed by atoms with Crippen LogP contribution in [0.1, 0.15) is 94.0 Å². The fraction of sp³-hybridized carbons (Fsp3) is 0.657. The fourth-order valence-corrected chi connectivity index (χ4v) is 9.57. The van der Waals surface area contributed by atoms with Crippen molar-refractivity contribution in [3.8, 4) is 11.3 Å². The summed E-state index contributed by atoms with van der Waals surface area (Å²) in [6.45, 7) is 22.0. The van der Waals surface area contributed by atoms with Gasteiger partial charge in [0, 0.05) is 0 Å². The number of rotatable bonds is 6. The number of hydrogen-bond acceptors (Lipinski definition) is 8. The molecule has 0 unspecified atom stereocenters. The van der Waals surface area contributed by atoms with E-state index in [9.17, 15) is 9.59 Å². The molecule has 0 N–H and O–H groups in total. The molecule has 0 aromatic carbocycles. The second-order valence-electron chi connectivity index (χ2n) is 17.4. The normalized spacial score (nSPS) is 18.3. The van der Waals surface area contributed by atoms with E-state index in [2.05, 4.69) is 53.4 Å². The van der Waals surface area contributed by atoms with Gasteiger partial charge < -0.3 is 0 Å². The van der Waals surface area contributed by atoms with Crippen LogP contribution in [0.3, 0.4) is 0 Å². The number of pyridine rings is 1. The number of amides is 2. The Morgan fingerprint density at radius 3 is 1.96 bits per heavy atom. The van der Waals surface area contributed by atoms with Crippen molar-refractivity contribution in [2.75, 3.05) is 4.90 Å². The molecule has 3 heterocycles. The van der Waals surface area contributed by atoms with Crippen molar-refractivity contribution >= 4 is 59.3 Å². The third kappa shape index (κ3) is 9.00. The average molecular weight is 776 g/mol. The summed E-state index contributed by atoms with van der Waals surface area (Å²) in [6, 6.07) is 2.30. The Morgan fingerprint density at radius 2 is 1.47 bits per heavy atom. The van der Waals surface area contributed by atoms with E-state index in [4.69, 9.17) is 28.4 Å². The van der Waals surface area contributed by atoms with Gasteiger partial charge in [0.05, 0.1) is 0 Å². The summed E-state index contributed by atoms with van der Waals surface area (Å²) in [5, 5.41) is 5.69. The van der Waals surface area contributed by atoms with Gasteiger partial charge in [0.15, 0.2) is 8.32 Å². The van der Waals surface area contributed by atoms with E-state index in [1.165, 1.54) is 6.20 Å². The third-order valence-corrected chi connectivity index (χ3v) is 18.3. The number of imide groups is 1. The molecular formula is C35H56N4O6SiSn. The molecule has 3 aromatic rings. The van der Waals surface area contributed by atoms with E-state index in [1.807, 2.05) is 18.5 Å². The summed E-state index contributed by atoms with van der Waals surface area (Å²) in [4.78, 5) is 39.6. The standard InChI is InChI=1S/C32H47N4O6Si.3CH3.Sn/c1-30(2,3)40-28(37)36(29(38)41-31(4,5)6)25-19-33-26(24-16-17-39-27(24)25)21-18-34-35(20-21)22-12-14-23(15-13-22)42-43(10,11)32(7,8)9;;;;/h16,18-20,22-23H,12-15H2,1-11H3;3*1H3;/t22-,23-;;;;. The summed E-state index contributed by atoms with van der Waals surface area (Å²) >= 11 is -2.78. The van der Waals surface area contributed by atoms with Crippen LogP contribution in [0.2, 0.25) is 33.0 Å². The van der Waals surface area contributed by atoms with E-state index in [1.54, 1.807) is 41.5 Å². The quantitative estimate of drug-likeness (QED) is 0.228. The van der Waals surface area contributed by atoms with Gasteiger partial charge in [0.1, 0.15) is 0 Å². The van der Waals surface area contributed by atoms with Gasteiger partial charge in [-0.2, -0.15) is 0 Å². The summed E-state index contributed by atoms with van der Waals surface area (Å²) in [5.74, 6) is 0. The molecule has 4 rings (SSSR count). The number of hydrogen-bond donors (Lipinski definition) is 0. The summed E-state index contributed by atoms with van der Waals surface area (Å²) in [6.07, 6.45) is 7.98. The molecule has 10 nitrogen and oxygen atoms in total. The van der Waals surface area contributed by atoms with Crippen molar-refractivity contribution in [1.82, 2.24) is 14.8 Å². The topological polar surface area (TPSA) is 109 Å². The van der Waals surface area contributed by atoms with Crippen LogP contribution in [-0.4, -0.2) is 71.0 Å². The Bertz CT molecular complexity index is 1570. The Kier molecular flexibility index (Phi) is 10.5. The van der Waals surface area contributed by atoms with Gasteiger partial charge in [0.2, 0.25) is 0 Å². The van der Waals surface area contributed by atoms with E-state index in [0.29, 0.717) is 22.8 Å². The number of carbonyl (C=O) groups excluding carboxylic acids is 2. The number of nitrogens with zero attached hydrogens (tertiary/aromatic N) is 4. The van der Waals surface area contributed by atoms with Crippen molar-refractivity contribution in [2.45, 2.75) is 144 Å². The Balaban J connectivity index is 1.70. The Labute approximate surface area is 285 Å². The Hall–Kier alpha value is -2.38. The molecular weight excluding hydrogens is 719 g/mol. The fourth-order valence-electron chi connectivity index (χ4n) is 5.34. The van der Waals surface area contributed by atoms with Gasteiger partial charge in [-0.3, -0.25) is 0 Å². The molecule has 3 aromatic heterocycles. The first-order valence-corrected chi connectivity index (χ1v) is 29.7. The zero-order valence-electron chi connectivity index (χ0n) is 31.0. The molecule has 0 atom stereocenters. The minimum absolute atomic E-state index is 0.182. The van der Waals surface area contributed by atoms with Gasteiger partial charge in [-0.05, 0) is 18.1 Å². The van der Waals surface area contributed by atoms with Crippen molar-refractivity contribution < 1.29 is 27.9 Å². The third-order valence-electron chi connectivity index (χ3n) is 8.83. The molecule has 47 heavy (non-hydrogen) atoms. The molecule has 1 aliphatic rings. The van der Waals surface area contributed by atoms with Crippen molar-refractivity contribution in [3.63, 3.8) is 0 Å². The summed E-state index contributed by atoms with van der Waals surface area (Å²) in [5.41, 5.74) is 0.420. The van der Waals surface area contributed by atoms with Crippen molar-refractivity contribution in [3.05, 3.63) is 24.7 Å². The predicted octanol–water partition coefficient (Wildman–Crippen LogP) is 9.42. The molecule has 0 radical (unpaired) electrons. The number of carbonyl (C=O) groups is 2. The van der Waals surface area contributed by atoms with Crippen LogP contribution in [0.25, 0.3) is 22.2 Å². The predicted molar refractivity (Wildman–Crippen MR) is 193 cm³/mol. The maximum absolute atomic E-state index is 13.5. The Morgan fingerprint density at radius 1 is 0.915 bits per heavy atom. The molecule has 12 heteroatoms. The molecule has 0 saturated heterocycles. The molecule has 1 aliphatic carbocycles. The number of anilines is 1. The van der Waals surface area contributed by atoms with Crippen LogP contribution >= 0.6 is 0 Å². The van der Waals surface area contributed by atoms with Crippen LogP contribution in [0.5, 0.6) is 0 Å². The first-order valence-electron chi connectivity index (χ1n) is 16.8. The van der Waals surface area contributed by atoms with E-state index < -0.39 is 50.1 Å². The molecule has 0 bridgehead atoms. The SMILES string of the molecule is CC(C)(C)OC(=O)N(C(=O)OC(C)(C)C)c1cnc(-c2cnn([C@H]3CC[C@H](O[Si](C)(C)C(C)(C)C)CC3)c2)c2c[c]([Sn]([CH3])([CH3])[CH3])oc12. The van der Waals surface area contributed by atoms with Crippen molar-refractivity contribution in [2.24, 2.45) is 0 Å². The van der Waals surface area contributed by atoms with Gasteiger partial charge in [-0.15, -0.1) is 0 Å². The first kappa shape index (κ1) is 37.4. The van der Waals surface area contributed by atoms with E-state index >= 15 is 0 Å². The molecule has 260 valence electrons. The van der Waals surface area contributed by atoms with E-state index in [0.717, 1.165) is 39.9 Å². The molecule has 2 amide bonds. The maximum atomic E-state index is 13.5. The zero-order valence-corrected chi connectivity index (χ0v) is 34.9. The molecule has 1 saturated carbocycles. The second kappa shape index (κ2) is 13.1. The van der Waals surface area contributed by atoms with Gasteiger partial charge in [-0.1, -0.05) is 20.8 Å². The zero-order chi connectivity index (χ0) is 35.3. The van der Waals surface area contributed by atoms with Gasteiger partial charge in [-0.25, -0.2) is 0 Å². The summed E-state index contributed by atoms with van der Waals surface area (Å²) < 4.78 is 27.5. The summed E-state index contributed by atoms with van der Waals surface area (Å²) in [7, 11) is -1.82. The first-order chi connectivity index (χ1) is 21.4. The van der Waals surface area contributed by atoms with Crippen molar-refractivity contribution in [1.29, 1.82) is 0 Å². The minimum atomic E-state index is -2.78. The van der Waals surface area contributed by atoms with Crippen LogP contribution in [0.15, 0.2) is 29.1 Å². The van der Waals surface area contributed by atoms with Gasteiger partial charge >= 0.3 is 240 Å². The van der Waals surface area contributed by atoms with Crippen LogP contribution in [0, 0.1) is 0 Å². The number of ether oxygens (including phenoxy) is 2. The molecule has 0 spiro atoms. The second-order valence-corrected chi connectivity index (χ2v) is 36.4. The monoisotopic (exact) mass is 776 g/mol. The molecule has 0 aliphatic heterocycles. The van der Waals surface area contributed by atoms with Crippen LogP contribution < -0.4 is 8.68 Å². The average Bonchev–Trinajstić information content (AvgIpc) is 3.55. The number of furan rings is 1. The van der Waals surface area contributed by atoms with Gasteiger partial charge in [0.25, 0.3) is 0 Å². The van der Waals surface area contributed by atoms with E-state index in [-0.39, 0.29) is 16.8 Å². The molecule has 1 fully saturated rings. The number of aromatic nitrogens is 3.